The van der Waals surface area contributed by atoms with Crippen LogP contribution in [0.25, 0.3) is 0 Å². The molecule has 0 fully saturated rings. The highest BCUT2D eigenvalue weighted by molar-refractivity contribution is 5.71. The van der Waals surface area contributed by atoms with Gasteiger partial charge < -0.3 is 14.2 Å². The summed E-state index contributed by atoms with van der Waals surface area (Å²) in [6, 6.07) is 0. The maximum Gasteiger partial charge on any atom is 0.306 e. The number of hydrogen-bond donors (Lipinski definition) is 0. The predicted molar refractivity (Wildman–Crippen MR) is 288 cm³/mol. The van der Waals surface area contributed by atoms with Crippen LogP contribution in [0.15, 0.2) is 97.2 Å². The fourth-order valence-corrected chi connectivity index (χ4v) is 7.36. The van der Waals surface area contributed by atoms with Crippen molar-refractivity contribution in [2.24, 2.45) is 0 Å². The van der Waals surface area contributed by atoms with Crippen molar-refractivity contribution in [3.05, 3.63) is 97.2 Å². The van der Waals surface area contributed by atoms with Gasteiger partial charge in [0.1, 0.15) is 13.2 Å². The third-order valence-electron chi connectivity index (χ3n) is 11.6. The molecule has 1 atom stereocenters. The summed E-state index contributed by atoms with van der Waals surface area (Å²) in [5.41, 5.74) is 0. The van der Waals surface area contributed by atoms with Crippen molar-refractivity contribution < 1.29 is 28.6 Å². The summed E-state index contributed by atoms with van der Waals surface area (Å²) >= 11 is 0. The van der Waals surface area contributed by atoms with Crippen LogP contribution in [0.4, 0.5) is 0 Å². The van der Waals surface area contributed by atoms with E-state index in [0.29, 0.717) is 12.8 Å². The quantitative estimate of drug-likeness (QED) is 0.0262. The van der Waals surface area contributed by atoms with Crippen LogP contribution in [0, 0.1) is 0 Å². The van der Waals surface area contributed by atoms with E-state index in [4.69, 9.17) is 14.2 Å². The van der Waals surface area contributed by atoms with Crippen molar-refractivity contribution in [2.45, 2.75) is 258 Å². The van der Waals surface area contributed by atoms with E-state index in [1.54, 1.807) is 0 Å². The lowest BCUT2D eigenvalue weighted by molar-refractivity contribution is -0.167. The number of hydrogen-bond acceptors (Lipinski definition) is 6. The Hall–Kier alpha value is -3.67. The molecule has 0 bridgehead atoms. The molecule has 0 spiro atoms. The summed E-state index contributed by atoms with van der Waals surface area (Å²) in [5.74, 6) is -0.995. The largest absolute Gasteiger partial charge is 0.462 e. The van der Waals surface area contributed by atoms with E-state index >= 15 is 0 Å². The Balaban J connectivity index is 4.53. The molecule has 0 unspecified atom stereocenters. The molecule has 0 saturated carbocycles. The third kappa shape index (κ3) is 53.2. The van der Waals surface area contributed by atoms with Gasteiger partial charge in [0.2, 0.25) is 0 Å². The lowest BCUT2D eigenvalue weighted by Gasteiger charge is -2.18. The zero-order valence-corrected chi connectivity index (χ0v) is 43.6. The van der Waals surface area contributed by atoms with Gasteiger partial charge in [-0.25, -0.2) is 0 Å². The van der Waals surface area contributed by atoms with Gasteiger partial charge >= 0.3 is 17.9 Å². The standard InChI is InChI=1S/C61H102O6/c1-4-7-10-13-16-19-22-25-27-29-30-32-34-37-40-43-46-49-52-55-61(64)67-58(56-65-59(62)53-50-47-44-41-38-35-24-21-18-15-12-9-6-3)57-66-60(63)54-51-48-45-42-39-36-33-31-28-26-23-20-17-14-11-8-5-2/h16-17,19-20,25-28,30,32-33,36-37,40,42,45,58H,4-15,18,21-24,29,31,34-35,38-39,41,43-44,46-57H2,1-3H3/b19-16-,20-17-,27-25-,28-26-,32-30-,36-33-,40-37-,45-42-/t58-/m0/s1. The molecule has 6 nitrogen and oxygen atoms in total. The van der Waals surface area contributed by atoms with Crippen LogP contribution < -0.4 is 0 Å². The summed E-state index contributed by atoms with van der Waals surface area (Å²) in [4.78, 5) is 38.1. The average molecular weight is 931 g/mol. The van der Waals surface area contributed by atoms with Crippen molar-refractivity contribution in [1.29, 1.82) is 0 Å². The maximum atomic E-state index is 12.8. The van der Waals surface area contributed by atoms with E-state index in [9.17, 15) is 14.4 Å². The summed E-state index contributed by atoms with van der Waals surface area (Å²) < 4.78 is 16.8. The molecule has 0 radical (unpaired) electrons. The summed E-state index contributed by atoms with van der Waals surface area (Å²) in [6.07, 6.45) is 72.5. The summed E-state index contributed by atoms with van der Waals surface area (Å²) in [5, 5.41) is 0. The molecule has 0 amide bonds. The lowest BCUT2D eigenvalue weighted by atomic mass is 10.0. The summed E-state index contributed by atoms with van der Waals surface area (Å²) in [6.45, 7) is 6.51. The molecule has 0 aromatic heterocycles. The Morgan fingerprint density at radius 3 is 0.925 bits per heavy atom. The van der Waals surface area contributed by atoms with Gasteiger partial charge in [-0.05, 0) is 103 Å². The second-order valence-electron chi connectivity index (χ2n) is 18.1. The molecule has 0 saturated heterocycles. The highest BCUT2D eigenvalue weighted by atomic mass is 16.6. The third-order valence-corrected chi connectivity index (χ3v) is 11.6. The molecule has 0 N–H and O–H groups in total. The van der Waals surface area contributed by atoms with Gasteiger partial charge in [-0.1, -0.05) is 227 Å². The Morgan fingerprint density at radius 2 is 0.552 bits per heavy atom. The first-order chi connectivity index (χ1) is 33.0. The van der Waals surface area contributed by atoms with E-state index < -0.39 is 6.10 Å². The minimum Gasteiger partial charge on any atom is -0.462 e. The zero-order valence-electron chi connectivity index (χ0n) is 43.6. The zero-order chi connectivity index (χ0) is 48.6. The van der Waals surface area contributed by atoms with Gasteiger partial charge in [0, 0.05) is 19.3 Å². The van der Waals surface area contributed by atoms with E-state index in [0.717, 1.165) is 89.9 Å². The number of rotatable bonds is 49. The van der Waals surface area contributed by atoms with Gasteiger partial charge in [-0.15, -0.1) is 0 Å². The average Bonchev–Trinajstić information content (AvgIpc) is 3.33. The molecule has 0 aliphatic heterocycles. The smallest absolute Gasteiger partial charge is 0.306 e. The van der Waals surface area contributed by atoms with Crippen LogP contribution in [-0.4, -0.2) is 37.2 Å². The summed E-state index contributed by atoms with van der Waals surface area (Å²) in [7, 11) is 0. The number of carbonyl (C=O) groups excluding carboxylic acids is 3. The molecular formula is C61H102O6. The number of unbranched alkanes of at least 4 members (excludes halogenated alkanes) is 22. The second-order valence-corrected chi connectivity index (χ2v) is 18.1. The van der Waals surface area contributed by atoms with E-state index in [1.807, 2.05) is 0 Å². The van der Waals surface area contributed by atoms with E-state index in [1.165, 1.54) is 116 Å². The van der Waals surface area contributed by atoms with Crippen molar-refractivity contribution in [3.63, 3.8) is 0 Å². The minimum atomic E-state index is -0.816. The topological polar surface area (TPSA) is 78.9 Å². The van der Waals surface area contributed by atoms with Gasteiger partial charge in [0.05, 0.1) is 0 Å². The first-order valence-electron chi connectivity index (χ1n) is 27.7. The number of ether oxygens (including phenoxy) is 3. The van der Waals surface area contributed by atoms with Crippen LogP contribution in [0.5, 0.6) is 0 Å². The first-order valence-corrected chi connectivity index (χ1v) is 27.7. The van der Waals surface area contributed by atoms with Crippen molar-refractivity contribution in [1.82, 2.24) is 0 Å². The van der Waals surface area contributed by atoms with Gasteiger partial charge in [-0.2, -0.15) is 0 Å². The molecule has 0 aromatic rings. The molecular weight excluding hydrogens is 829 g/mol. The van der Waals surface area contributed by atoms with Crippen LogP contribution in [0.1, 0.15) is 252 Å². The van der Waals surface area contributed by atoms with Crippen LogP contribution in [-0.2, 0) is 28.6 Å². The second kappa shape index (κ2) is 54.9. The molecule has 6 heteroatoms. The molecule has 0 aliphatic rings. The van der Waals surface area contributed by atoms with E-state index in [-0.39, 0.29) is 44.0 Å². The fourth-order valence-electron chi connectivity index (χ4n) is 7.36. The van der Waals surface area contributed by atoms with E-state index in [2.05, 4.69) is 118 Å². The lowest BCUT2D eigenvalue weighted by Crippen LogP contribution is -2.30. The van der Waals surface area contributed by atoms with Crippen LogP contribution >= 0.6 is 0 Å². The number of carbonyl (C=O) groups is 3. The monoisotopic (exact) mass is 931 g/mol. The Bertz CT molecular complexity index is 1350. The van der Waals surface area contributed by atoms with Crippen LogP contribution in [0.2, 0.25) is 0 Å². The number of esters is 3. The number of allylic oxidation sites excluding steroid dienone is 16. The normalized spacial score (nSPS) is 12.8. The highest BCUT2D eigenvalue weighted by Gasteiger charge is 2.19. The molecule has 0 heterocycles. The van der Waals surface area contributed by atoms with Gasteiger partial charge in [-0.3, -0.25) is 14.4 Å². The van der Waals surface area contributed by atoms with Crippen molar-refractivity contribution in [3.8, 4) is 0 Å². The highest BCUT2D eigenvalue weighted by Crippen LogP contribution is 2.14. The molecule has 0 rings (SSSR count). The molecule has 0 aromatic carbocycles. The van der Waals surface area contributed by atoms with Crippen molar-refractivity contribution >= 4 is 17.9 Å². The van der Waals surface area contributed by atoms with Gasteiger partial charge in [0.15, 0.2) is 6.10 Å². The molecule has 67 heavy (non-hydrogen) atoms. The minimum absolute atomic E-state index is 0.107. The Morgan fingerprint density at radius 1 is 0.299 bits per heavy atom. The first kappa shape index (κ1) is 63.3. The van der Waals surface area contributed by atoms with Crippen molar-refractivity contribution in [2.75, 3.05) is 13.2 Å². The van der Waals surface area contributed by atoms with Crippen LogP contribution in [0.3, 0.4) is 0 Å². The molecule has 0 aliphatic carbocycles. The SMILES string of the molecule is CCCCC/C=C\C/C=C\C/C=C\C/C=C\CCCCCC(=O)O[C@H](COC(=O)CCC/C=C\C/C=C\C/C=C\C/C=C\CCCCC)COC(=O)CCCCCCCCCCCCCCC. The van der Waals surface area contributed by atoms with Gasteiger partial charge in [0.25, 0.3) is 0 Å². The maximum absolute atomic E-state index is 12.8. The Kier molecular flexibility index (Phi) is 51.9. The molecule has 382 valence electrons. The predicted octanol–water partition coefficient (Wildman–Crippen LogP) is 18.5. The Labute approximate surface area is 413 Å². The fraction of sp³-hybridized carbons (Fsp3) is 0.689.